The van der Waals surface area contributed by atoms with Gasteiger partial charge < -0.3 is 15.4 Å². The molecule has 1 atom stereocenters. The topological polar surface area (TPSA) is 96.5 Å². The molecule has 2 aliphatic rings. The molecule has 0 aliphatic carbocycles. The van der Waals surface area contributed by atoms with E-state index in [1.807, 2.05) is 6.92 Å². The van der Waals surface area contributed by atoms with E-state index < -0.39 is 23.0 Å². The zero-order chi connectivity index (χ0) is 25.3. The molecule has 36 heavy (non-hydrogen) atoms. The number of nitrogens with zero attached hydrogens (tertiary/aromatic N) is 3. The lowest BCUT2D eigenvalue weighted by Crippen LogP contribution is -2.51. The van der Waals surface area contributed by atoms with Crippen LogP contribution in [-0.2, 0) is 4.79 Å². The Bertz CT molecular complexity index is 1270. The van der Waals surface area contributed by atoms with Gasteiger partial charge in [-0.1, -0.05) is 0 Å². The third-order valence-corrected chi connectivity index (χ3v) is 6.48. The van der Waals surface area contributed by atoms with E-state index in [0.29, 0.717) is 49.4 Å². The van der Waals surface area contributed by atoms with Gasteiger partial charge in [-0.05, 0) is 62.0 Å². The van der Waals surface area contributed by atoms with Gasteiger partial charge in [0.2, 0.25) is 11.7 Å². The van der Waals surface area contributed by atoms with E-state index in [4.69, 9.17) is 4.74 Å². The van der Waals surface area contributed by atoms with Crippen LogP contribution in [0.25, 0.3) is 0 Å². The van der Waals surface area contributed by atoms with Crippen LogP contribution in [0.15, 0.2) is 54.6 Å². The summed E-state index contributed by atoms with van der Waals surface area (Å²) in [5, 5.41) is 14.5. The molecular formula is C26H25F2N5O3. The Morgan fingerprint density at radius 3 is 2.39 bits per heavy atom. The number of hydrogen-bond donors (Lipinski definition) is 2. The highest BCUT2D eigenvalue weighted by Crippen LogP contribution is 2.32. The van der Waals surface area contributed by atoms with Crippen LogP contribution in [0.2, 0.25) is 0 Å². The van der Waals surface area contributed by atoms with E-state index in [0.717, 1.165) is 17.8 Å². The first-order valence-corrected chi connectivity index (χ1v) is 11.7. The van der Waals surface area contributed by atoms with Crippen molar-refractivity contribution in [3.63, 3.8) is 0 Å². The smallest absolute Gasteiger partial charge is 0.238 e. The fourth-order valence-electron chi connectivity index (χ4n) is 4.33. The molecule has 2 saturated heterocycles. The molecule has 5 rings (SSSR count). The normalized spacial score (nSPS) is 19.5. The highest BCUT2D eigenvalue weighted by molar-refractivity contribution is 6.03. The first kappa shape index (κ1) is 24.0. The maximum atomic E-state index is 14.4. The van der Waals surface area contributed by atoms with E-state index in [1.165, 1.54) is 4.90 Å². The minimum atomic E-state index is -1.34. The van der Waals surface area contributed by atoms with E-state index >= 15 is 0 Å². The number of hydrogen-bond acceptors (Lipinski definition) is 7. The number of Topliss-reactive ketones (excluding diaryl/α,β-unsaturated/α-hetero) is 1. The summed E-state index contributed by atoms with van der Waals surface area (Å²) in [4.78, 5) is 28.0. The van der Waals surface area contributed by atoms with Gasteiger partial charge in [0.05, 0.1) is 22.9 Å². The lowest BCUT2D eigenvalue weighted by molar-refractivity contribution is -0.123. The zero-order valence-corrected chi connectivity index (χ0v) is 19.6. The fraction of sp³-hybridized carbons (Fsp3) is 0.308. The highest BCUT2D eigenvalue weighted by atomic mass is 19.1. The molecule has 2 N–H and O–H groups in total. The molecule has 0 radical (unpaired) electrons. The number of ketones is 1. The van der Waals surface area contributed by atoms with Gasteiger partial charge in [0.15, 0.2) is 11.4 Å². The first-order valence-electron chi connectivity index (χ1n) is 11.7. The number of halogens is 2. The number of amides is 1. The number of carbonyl (C=O) groups is 2. The van der Waals surface area contributed by atoms with Crippen molar-refractivity contribution >= 4 is 23.2 Å². The molecule has 0 unspecified atom stereocenters. The monoisotopic (exact) mass is 493 g/mol. The predicted molar refractivity (Wildman–Crippen MR) is 128 cm³/mol. The summed E-state index contributed by atoms with van der Waals surface area (Å²) in [6, 6.07) is 13.1. The van der Waals surface area contributed by atoms with Crippen LogP contribution in [0.4, 0.5) is 20.3 Å². The maximum Gasteiger partial charge on any atom is 0.238 e. The predicted octanol–water partition coefficient (Wildman–Crippen LogP) is 2.94. The van der Waals surface area contributed by atoms with Crippen molar-refractivity contribution in [3.8, 4) is 5.75 Å². The largest absolute Gasteiger partial charge is 0.478 e. The van der Waals surface area contributed by atoms with Crippen LogP contribution in [0.3, 0.4) is 0 Å². The molecule has 2 fully saturated rings. The van der Waals surface area contributed by atoms with Crippen LogP contribution in [0.5, 0.6) is 5.75 Å². The fourth-order valence-corrected chi connectivity index (χ4v) is 4.33. The molecule has 3 aromatic rings. The average Bonchev–Trinajstić information content (AvgIpc) is 3.30. The van der Waals surface area contributed by atoms with Crippen LogP contribution in [0.1, 0.15) is 22.5 Å². The third-order valence-electron chi connectivity index (χ3n) is 6.48. The molecule has 0 bridgehead atoms. The second-order valence-electron chi connectivity index (χ2n) is 9.03. The van der Waals surface area contributed by atoms with Crippen molar-refractivity contribution in [2.45, 2.75) is 18.9 Å². The SMILES string of the molecule is Cc1ccc(N(C(=O)C2CNC2)c2ccc(O[C@]3(C(=O)c4ccc(F)cc4F)CCNC3)cc2)nn1. The lowest BCUT2D eigenvalue weighted by Gasteiger charge is -2.32. The van der Waals surface area contributed by atoms with E-state index in [1.54, 1.807) is 36.4 Å². The molecule has 0 spiro atoms. The Morgan fingerprint density at radius 2 is 1.81 bits per heavy atom. The molecule has 1 aromatic heterocycles. The Hall–Kier alpha value is -3.76. The van der Waals surface area contributed by atoms with Crippen LogP contribution < -0.4 is 20.3 Å². The molecule has 8 nitrogen and oxygen atoms in total. The molecule has 0 saturated carbocycles. The van der Waals surface area contributed by atoms with Crippen LogP contribution in [0, 0.1) is 24.5 Å². The summed E-state index contributed by atoms with van der Waals surface area (Å²) in [7, 11) is 0. The Morgan fingerprint density at radius 1 is 1.03 bits per heavy atom. The minimum absolute atomic E-state index is 0.0982. The number of nitrogens with one attached hydrogen (secondary N) is 2. The van der Waals surface area contributed by atoms with Gasteiger partial charge in [-0.15, -0.1) is 5.10 Å². The van der Waals surface area contributed by atoms with Crippen LogP contribution >= 0.6 is 0 Å². The quantitative estimate of drug-likeness (QED) is 0.489. The number of benzene rings is 2. The number of aryl methyl sites for hydroxylation is 1. The van der Waals surface area contributed by atoms with Gasteiger partial charge in [-0.25, -0.2) is 8.78 Å². The second kappa shape index (κ2) is 9.71. The van der Waals surface area contributed by atoms with Crippen molar-refractivity contribution in [2.24, 2.45) is 5.92 Å². The summed E-state index contributed by atoms with van der Waals surface area (Å²) in [5.74, 6) is -1.72. The Balaban J connectivity index is 1.42. The summed E-state index contributed by atoms with van der Waals surface area (Å²) in [5.41, 5.74) is -0.249. The summed E-state index contributed by atoms with van der Waals surface area (Å²) in [6.45, 7) is 3.69. The van der Waals surface area contributed by atoms with Gasteiger partial charge in [-0.2, -0.15) is 5.10 Å². The highest BCUT2D eigenvalue weighted by Gasteiger charge is 2.45. The van der Waals surface area contributed by atoms with Crippen molar-refractivity contribution in [1.82, 2.24) is 20.8 Å². The first-order chi connectivity index (χ1) is 17.4. The third kappa shape index (κ3) is 4.57. The van der Waals surface area contributed by atoms with Gasteiger partial charge in [0.1, 0.15) is 17.4 Å². The van der Waals surface area contributed by atoms with Crippen molar-refractivity contribution in [1.29, 1.82) is 0 Å². The summed E-state index contributed by atoms with van der Waals surface area (Å²) < 4.78 is 33.9. The van der Waals surface area contributed by atoms with Gasteiger partial charge in [-0.3, -0.25) is 14.5 Å². The Kier molecular flexibility index (Phi) is 6.46. The van der Waals surface area contributed by atoms with Gasteiger partial charge in [0, 0.05) is 32.1 Å². The van der Waals surface area contributed by atoms with Crippen LogP contribution in [-0.4, -0.2) is 53.7 Å². The number of ether oxygens (including phenoxy) is 1. The standard InChI is InChI=1S/C26H25F2N5O3/c1-16-2-9-23(32-31-16)33(25(35)17-13-30-14-17)19-4-6-20(7-5-19)36-26(10-11-29-15-26)24(34)21-8-3-18(27)12-22(21)28/h2-9,12,17,29-30H,10-11,13-15H2,1H3/t26-/m1/s1. The molecule has 10 heteroatoms. The maximum absolute atomic E-state index is 14.4. The molecule has 2 aliphatic heterocycles. The van der Waals surface area contributed by atoms with Crippen molar-refractivity contribution < 1.29 is 23.1 Å². The summed E-state index contributed by atoms with van der Waals surface area (Å²) >= 11 is 0. The lowest BCUT2D eigenvalue weighted by atomic mass is 9.91. The average molecular weight is 494 g/mol. The molecule has 186 valence electrons. The van der Waals surface area contributed by atoms with Gasteiger partial charge >= 0.3 is 0 Å². The Labute approximate surface area is 206 Å². The number of rotatable bonds is 7. The van der Waals surface area contributed by atoms with E-state index in [9.17, 15) is 18.4 Å². The number of anilines is 2. The van der Waals surface area contributed by atoms with Crippen molar-refractivity contribution in [2.75, 3.05) is 31.1 Å². The van der Waals surface area contributed by atoms with E-state index in [2.05, 4.69) is 20.8 Å². The molecular weight excluding hydrogens is 468 g/mol. The summed E-state index contributed by atoms with van der Waals surface area (Å²) in [6.07, 6.45) is 0.322. The molecule has 1 amide bonds. The van der Waals surface area contributed by atoms with Crippen molar-refractivity contribution in [3.05, 3.63) is 77.5 Å². The van der Waals surface area contributed by atoms with E-state index in [-0.39, 0.29) is 23.9 Å². The minimum Gasteiger partial charge on any atom is -0.478 e. The zero-order valence-electron chi connectivity index (χ0n) is 19.6. The second-order valence-corrected chi connectivity index (χ2v) is 9.03. The molecule has 3 heterocycles. The number of carbonyl (C=O) groups excluding carboxylic acids is 2. The number of aromatic nitrogens is 2. The van der Waals surface area contributed by atoms with Gasteiger partial charge in [0.25, 0.3) is 0 Å². The molecule has 2 aromatic carbocycles.